The number of aliphatic hydroxyl groups is 2. The van der Waals surface area contributed by atoms with Crippen molar-refractivity contribution in [1.29, 1.82) is 0 Å². The lowest BCUT2D eigenvalue weighted by Crippen LogP contribution is -2.40. The highest BCUT2D eigenvalue weighted by Gasteiger charge is 2.33. The molecule has 1 fully saturated rings. The Kier molecular flexibility index (Phi) is 12.0. The third kappa shape index (κ3) is 11.1. The van der Waals surface area contributed by atoms with Crippen molar-refractivity contribution in [2.24, 2.45) is 0 Å². The molecule has 0 radical (unpaired) electrons. The maximum atomic E-state index is 10.4. The minimum Gasteiger partial charge on any atom is -0.390 e. The van der Waals surface area contributed by atoms with Gasteiger partial charge in [-0.1, -0.05) is 90.4 Å². The highest BCUT2D eigenvalue weighted by Crippen LogP contribution is 2.29. The molecule has 1 rings (SSSR count). The summed E-state index contributed by atoms with van der Waals surface area (Å²) < 4.78 is 5.09. The van der Waals surface area contributed by atoms with Crippen molar-refractivity contribution in [3.8, 4) is 0 Å². The van der Waals surface area contributed by atoms with Crippen molar-refractivity contribution in [2.75, 3.05) is 6.61 Å². The molecule has 2 N–H and O–H groups in total. The molecule has 1 heterocycles. The second kappa shape index (κ2) is 13.2. The van der Waals surface area contributed by atoms with E-state index in [9.17, 15) is 10.2 Å². The molecule has 0 aromatic carbocycles. The molecule has 0 unspecified atom stereocenters. The van der Waals surface area contributed by atoms with E-state index in [4.69, 9.17) is 4.74 Å². The van der Waals surface area contributed by atoms with Crippen molar-refractivity contribution in [3.63, 3.8) is 0 Å². The van der Waals surface area contributed by atoms with Crippen LogP contribution in [0, 0.1) is 0 Å². The van der Waals surface area contributed by atoms with Crippen LogP contribution in [0.2, 0.25) is 0 Å². The van der Waals surface area contributed by atoms with Crippen LogP contribution in [0.15, 0.2) is 0 Å². The smallest absolute Gasteiger partial charge is 0.157 e. The summed E-state index contributed by atoms with van der Waals surface area (Å²) in [6.45, 7) is 2.75. The molecule has 0 aromatic rings. The summed E-state index contributed by atoms with van der Waals surface area (Å²) in [5.41, 5.74) is -0.685. The van der Waals surface area contributed by atoms with E-state index in [2.05, 4.69) is 6.92 Å². The number of hydrogen-bond acceptors (Lipinski definition) is 3. The third-order valence-corrected chi connectivity index (χ3v) is 5.18. The third-order valence-electron chi connectivity index (χ3n) is 5.18. The second-order valence-electron chi connectivity index (χ2n) is 7.50. The Morgan fingerprint density at radius 3 is 1.78 bits per heavy atom. The first-order chi connectivity index (χ1) is 11.2. The molecule has 0 saturated carbocycles. The Hall–Kier alpha value is -0.120. The molecule has 0 aliphatic carbocycles. The Morgan fingerprint density at radius 2 is 1.30 bits per heavy atom. The van der Waals surface area contributed by atoms with Gasteiger partial charge in [0.2, 0.25) is 0 Å². The van der Waals surface area contributed by atoms with Gasteiger partial charge in [0.05, 0.1) is 12.2 Å². The molecule has 0 amide bonds. The first kappa shape index (κ1) is 20.9. The molecular weight excluding hydrogens is 288 g/mol. The molecule has 3 heteroatoms. The van der Waals surface area contributed by atoms with Crippen LogP contribution < -0.4 is 0 Å². The van der Waals surface area contributed by atoms with Gasteiger partial charge in [-0.15, -0.1) is 0 Å². The van der Waals surface area contributed by atoms with Gasteiger partial charge in [0.1, 0.15) is 0 Å². The van der Waals surface area contributed by atoms with Crippen LogP contribution in [0.5, 0.6) is 0 Å². The number of rotatable bonds is 14. The average molecular weight is 329 g/mol. The predicted molar refractivity (Wildman–Crippen MR) is 96.5 cm³/mol. The molecule has 1 aliphatic heterocycles. The van der Waals surface area contributed by atoms with Crippen molar-refractivity contribution < 1.29 is 14.9 Å². The monoisotopic (exact) mass is 328 g/mol. The van der Waals surface area contributed by atoms with Crippen LogP contribution in [-0.2, 0) is 4.74 Å². The highest BCUT2D eigenvalue weighted by molar-refractivity contribution is 4.82. The molecule has 2 atom stereocenters. The largest absolute Gasteiger partial charge is 0.390 e. The number of ether oxygens (including phenoxy) is 1. The number of aliphatic hydroxyl groups excluding tert-OH is 1. The standard InChI is InChI=1S/C20H40O3/c1-2-3-4-5-6-7-8-9-10-11-12-13-14-15-20(22)16-17-23-19(21)18-20/h19,21-22H,2-18H2,1H3/t19-,20-/m1/s1. The van der Waals surface area contributed by atoms with Crippen LogP contribution in [0.3, 0.4) is 0 Å². The highest BCUT2D eigenvalue weighted by atomic mass is 16.6. The number of hydrogen-bond donors (Lipinski definition) is 2. The molecule has 0 aromatic heterocycles. The van der Waals surface area contributed by atoms with Crippen LogP contribution in [0.4, 0.5) is 0 Å². The van der Waals surface area contributed by atoms with Gasteiger partial charge in [-0.3, -0.25) is 0 Å². The van der Waals surface area contributed by atoms with Crippen LogP contribution >= 0.6 is 0 Å². The zero-order valence-corrected chi connectivity index (χ0v) is 15.4. The lowest BCUT2D eigenvalue weighted by molar-refractivity contribution is -0.187. The van der Waals surface area contributed by atoms with E-state index in [1.165, 1.54) is 77.0 Å². The van der Waals surface area contributed by atoms with E-state index in [1.54, 1.807) is 0 Å². The maximum Gasteiger partial charge on any atom is 0.157 e. The van der Waals surface area contributed by atoms with E-state index in [0.29, 0.717) is 19.4 Å². The molecule has 1 aliphatic rings. The SMILES string of the molecule is CCCCCCCCCCCCCCC[C@@]1(O)CCO[C@@H](O)C1. The van der Waals surface area contributed by atoms with Crippen molar-refractivity contribution in [2.45, 2.75) is 122 Å². The quantitative estimate of drug-likeness (QED) is 0.424. The van der Waals surface area contributed by atoms with Gasteiger partial charge in [0.25, 0.3) is 0 Å². The van der Waals surface area contributed by atoms with E-state index in [-0.39, 0.29) is 0 Å². The van der Waals surface area contributed by atoms with Gasteiger partial charge >= 0.3 is 0 Å². The van der Waals surface area contributed by atoms with Crippen molar-refractivity contribution in [1.82, 2.24) is 0 Å². The Balaban J connectivity index is 1.81. The summed E-state index contributed by atoms with van der Waals surface area (Å²) in [6, 6.07) is 0. The zero-order valence-electron chi connectivity index (χ0n) is 15.4. The summed E-state index contributed by atoms with van der Waals surface area (Å²) in [7, 11) is 0. The summed E-state index contributed by atoms with van der Waals surface area (Å²) in [4.78, 5) is 0. The van der Waals surface area contributed by atoms with Gasteiger partial charge in [0.15, 0.2) is 6.29 Å². The predicted octanol–water partition coefficient (Wildman–Crippen LogP) is 5.33. The second-order valence-corrected chi connectivity index (χ2v) is 7.50. The summed E-state index contributed by atoms with van der Waals surface area (Å²) in [5.74, 6) is 0. The van der Waals surface area contributed by atoms with Gasteiger partial charge in [-0.05, 0) is 12.8 Å². The molecule has 0 spiro atoms. The lowest BCUT2D eigenvalue weighted by atomic mass is 9.87. The van der Waals surface area contributed by atoms with Crippen LogP contribution in [0.1, 0.15) is 110 Å². The maximum absolute atomic E-state index is 10.4. The summed E-state index contributed by atoms with van der Waals surface area (Å²) in [5, 5.41) is 19.8. The zero-order chi connectivity index (χ0) is 16.8. The average Bonchev–Trinajstić information content (AvgIpc) is 2.51. The first-order valence-corrected chi connectivity index (χ1v) is 10.2. The Labute approximate surface area is 143 Å². The minimum absolute atomic E-state index is 0.380. The van der Waals surface area contributed by atoms with Crippen molar-refractivity contribution >= 4 is 0 Å². The molecule has 1 saturated heterocycles. The molecule has 23 heavy (non-hydrogen) atoms. The van der Waals surface area contributed by atoms with E-state index in [1.807, 2.05) is 0 Å². The Morgan fingerprint density at radius 1 is 0.826 bits per heavy atom. The van der Waals surface area contributed by atoms with E-state index >= 15 is 0 Å². The van der Waals surface area contributed by atoms with E-state index < -0.39 is 11.9 Å². The van der Waals surface area contributed by atoms with Gasteiger partial charge in [-0.25, -0.2) is 0 Å². The molecule has 138 valence electrons. The molecule has 0 bridgehead atoms. The topological polar surface area (TPSA) is 49.7 Å². The molecular formula is C20H40O3. The lowest BCUT2D eigenvalue weighted by Gasteiger charge is -2.34. The molecule has 3 nitrogen and oxygen atoms in total. The van der Waals surface area contributed by atoms with Crippen LogP contribution in [-0.4, -0.2) is 28.7 Å². The van der Waals surface area contributed by atoms with Gasteiger partial charge in [-0.2, -0.15) is 0 Å². The fourth-order valence-corrected chi connectivity index (χ4v) is 3.57. The van der Waals surface area contributed by atoms with Crippen molar-refractivity contribution in [3.05, 3.63) is 0 Å². The summed E-state index contributed by atoms with van der Waals surface area (Å²) in [6.07, 6.45) is 18.6. The first-order valence-electron chi connectivity index (χ1n) is 10.2. The Bertz CT molecular complexity index is 270. The fraction of sp³-hybridized carbons (Fsp3) is 1.00. The normalized spacial score (nSPS) is 24.9. The van der Waals surface area contributed by atoms with Crippen LogP contribution in [0.25, 0.3) is 0 Å². The summed E-state index contributed by atoms with van der Waals surface area (Å²) >= 11 is 0. The van der Waals surface area contributed by atoms with E-state index in [0.717, 1.165) is 12.8 Å². The fourth-order valence-electron chi connectivity index (χ4n) is 3.57. The van der Waals surface area contributed by atoms with Gasteiger partial charge in [0, 0.05) is 6.42 Å². The number of unbranched alkanes of at least 4 members (excludes halogenated alkanes) is 12. The van der Waals surface area contributed by atoms with Gasteiger partial charge < -0.3 is 14.9 Å². The minimum atomic E-state index is -0.768.